The molecule has 2 aliphatic rings. The lowest BCUT2D eigenvalue weighted by molar-refractivity contribution is -0.161. The number of rotatable bonds is 10. The third-order valence-corrected chi connectivity index (χ3v) is 8.02. The Morgan fingerprint density at radius 3 is 2.30 bits per heavy atom. The maximum absolute atomic E-state index is 13.3. The summed E-state index contributed by atoms with van der Waals surface area (Å²) in [5, 5.41) is 33.9. The molecule has 3 aromatic carbocycles. The summed E-state index contributed by atoms with van der Waals surface area (Å²) in [7, 11) is 4.26. The van der Waals surface area contributed by atoms with Crippen LogP contribution in [-0.2, 0) is 20.7 Å². The van der Waals surface area contributed by atoms with Gasteiger partial charge in [-0.25, -0.2) is 0 Å². The van der Waals surface area contributed by atoms with E-state index in [0.717, 1.165) is 0 Å². The molecule has 40 heavy (non-hydrogen) atoms. The van der Waals surface area contributed by atoms with Crippen LogP contribution < -0.4 is 18.9 Å². The van der Waals surface area contributed by atoms with E-state index < -0.39 is 35.1 Å². The van der Waals surface area contributed by atoms with E-state index in [2.05, 4.69) is 0 Å². The smallest absolute Gasteiger partial charge is 0.312 e. The summed E-state index contributed by atoms with van der Waals surface area (Å²) in [6, 6.07) is 19.5. The minimum absolute atomic E-state index is 0.0670. The molecule has 3 aromatic rings. The van der Waals surface area contributed by atoms with E-state index in [9.17, 15) is 15.0 Å². The fourth-order valence-electron chi connectivity index (χ4n) is 6.27. The molecule has 3 N–H and O–H groups in total. The molecule has 1 saturated carbocycles. The van der Waals surface area contributed by atoms with E-state index in [1.165, 1.54) is 14.2 Å². The Labute approximate surface area is 232 Å². The quantitative estimate of drug-likeness (QED) is 0.258. The Bertz CT molecular complexity index is 1340. The Balaban J connectivity index is 1.76. The number of carbonyl (C=O) groups excluding carboxylic acids is 1. The highest BCUT2D eigenvalue weighted by Crippen LogP contribution is 2.70. The highest BCUT2D eigenvalue weighted by molar-refractivity contribution is 5.78. The first kappa shape index (κ1) is 27.8. The van der Waals surface area contributed by atoms with Crippen molar-refractivity contribution in [3.05, 3.63) is 83.4 Å². The summed E-state index contributed by atoms with van der Waals surface area (Å²) >= 11 is 0. The second-order valence-electron chi connectivity index (χ2n) is 9.99. The predicted octanol–water partition coefficient (Wildman–Crippen LogP) is 3.28. The van der Waals surface area contributed by atoms with Crippen molar-refractivity contribution < 1.29 is 43.8 Å². The fraction of sp³-hybridized carbons (Fsp3) is 0.387. The number of carbonyl (C=O) groups is 1. The van der Waals surface area contributed by atoms with Gasteiger partial charge in [0.15, 0.2) is 11.2 Å². The summed E-state index contributed by atoms with van der Waals surface area (Å²) in [6.07, 6.45) is -0.385. The molecule has 1 aliphatic carbocycles. The molecular weight excluding hydrogens is 516 g/mol. The van der Waals surface area contributed by atoms with E-state index in [1.807, 2.05) is 30.3 Å². The third kappa shape index (κ3) is 4.08. The first-order valence-electron chi connectivity index (χ1n) is 13.2. The van der Waals surface area contributed by atoms with Gasteiger partial charge in [0.25, 0.3) is 0 Å². The second kappa shape index (κ2) is 11.0. The van der Waals surface area contributed by atoms with E-state index in [0.29, 0.717) is 42.1 Å². The van der Waals surface area contributed by atoms with E-state index in [4.69, 9.17) is 28.8 Å². The van der Waals surface area contributed by atoms with Crippen LogP contribution in [0.2, 0.25) is 0 Å². The van der Waals surface area contributed by atoms with Gasteiger partial charge >= 0.3 is 5.97 Å². The summed E-state index contributed by atoms with van der Waals surface area (Å²) < 4.78 is 28.9. The average molecular weight is 551 g/mol. The molecule has 1 heterocycles. The molecule has 9 heteroatoms. The summed E-state index contributed by atoms with van der Waals surface area (Å²) in [6.45, 7) is 0.424. The van der Waals surface area contributed by atoms with Crippen LogP contribution in [0, 0.1) is 5.92 Å². The van der Waals surface area contributed by atoms with Crippen LogP contribution in [0.15, 0.2) is 66.7 Å². The monoisotopic (exact) mass is 550 g/mol. The molecule has 0 bridgehead atoms. The number of hydrogen-bond acceptors (Lipinski definition) is 9. The molecule has 0 amide bonds. The van der Waals surface area contributed by atoms with Gasteiger partial charge in [-0.3, -0.25) is 4.79 Å². The number of benzene rings is 3. The Morgan fingerprint density at radius 2 is 1.68 bits per heavy atom. The van der Waals surface area contributed by atoms with Gasteiger partial charge in [-0.05, 0) is 36.1 Å². The molecule has 0 radical (unpaired) electrons. The number of ether oxygens (including phenoxy) is 5. The first-order valence-corrected chi connectivity index (χ1v) is 13.2. The molecule has 1 aliphatic heterocycles. The third-order valence-electron chi connectivity index (χ3n) is 8.02. The molecule has 212 valence electrons. The number of aliphatic hydroxyl groups excluding tert-OH is 2. The van der Waals surface area contributed by atoms with Crippen LogP contribution in [0.25, 0.3) is 0 Å². The number of methoxy groups -OCH3 is 3. The maximum atomic E-state index is 13.3. The van der Waals surface area contributed by atoms with Gasteiger partial charge in [0.1, 0.15) is 29.1 Å². The zero-order valence-corrected chi connectivity index (χ0v) is 22.7. The van der Waals surface area contributed by atoms with Gasteiger partial charge < -0.3 is 39.0 Å². The van der Waals surface area contributed by atoms with Crippen LogP contribution in [0.3, 0.4) is 0 Å². The molecule has 0 spiro atoms. The average Bonchev–Trinajstić information content (AvgIpc) is 3.37. The number of aliphatic hydroxyl groups is 3. The molecule has 0 saturated heterocycles. The van der Waals surface area contributed by atoms with Gasteiger partial charge in [-0.15, -0.1) is 0 Å². The van der Waals surface area contributed by atoms with E-state index in [-0.39, 0.29) is 23.7 Å². The minimum atomic E-state index is -2.13. The fourth-order valence-corrected chi connectivity index (χ4v) is 6.27. The predicted molar refractivity (Wildman–Crippen MR) is 145 cm³/mol. The van der Waals surface area contributed by atoms with Crippen LogP contribution in [-0.4, -0.2) is 61.9 Å². The highest BCUT2D eigenvalue weighted by atomic mass is 16.6. The molecule has 1 fully saturated rings. The normalized spacial score (nSPS) is 26.4. The minimum Gasteiger partial charge on any atom is -0.497 e. The number of unbranched alkanes of at least 4 members (excludes halogenated alkanes) is 1. The van der Waals surface area contributed by atoms with Gasteiger partial charge in [-0.2, -0.15) is 0 Å². The summed E-state index contributed by atoms with van der Waals surface area (Å²) in [5.74, 6) is -1.17. The zero-order chi connectivity index (χ0) is 28.5. The van der Waals surface area contributed by atoms with E-state index >= 15 is 0 Å². The van der Waals surface area contributed by atoms with Crippen LogP contribution in [0.4, 0.5) is 0 Å². The number of hydrogen-bond donors (Lipinski definition) is 3. The van der Waals surface area contributed by atoms with Crippen molar-refractivity contribution in [2.24, 2.45) is 5.92 Å². The molecular formula is C31H34O9. The molecule has 0 unspecified atom stereocenters. The number of esters is 1. The SMILES string of the molecule is COC(=O)[C@H]1[C@@H](O)[C@@]2(O)c3c(OC)cc(OCCCCO)cc3O[C@@]2(c2ccc(OC)cc2)[C@@H]1c1ccccc1. The van der Waals surface area contributed by atoms with Crippen molar-refractivity contribution in [2.75, 3.05) is 34.5 Å². The highest BCUT2D eigenvalue weighted by Gasteiger charge is 2.78. The summed E-state index contributed by atoms with van der Waals surface area (Å²) in [5.41, 5.74) is -2.37. The Kier molecular flexibility index (Phi) is 7.63. The standard InChI is InChI=1S/C31H34O9/c1-36-21-13-11-20(12-14-21)31-26(19-9-5-4-6-10-19)25(29(34)38-3)28(33)30(31,35)27-23(37-2)17-22(18-24(27)40-31)39-16-8-7-15-32/h4-6,9-14,17-18,25-26,28,32-33,35H,7-8,15-16H2,1-3H3/t25-,26-,28-,30+,31+/m1/s1. The van der Waals surface area contributed by atoms with Crippen molar-refractivity contribution in [1.82, 2.24) is 0 Å². The van der Waals surface area contributed by atoms with Gasteiger partial charge in [0.05, 0.1) is 39.4 Å². The largest absolute Gasteiger partial charge is 0.497 e. The van der Waals surface area contributed by atoms with Gasteiger partial charge in [-0.1, -0.05) is 42.5 Å². The molecule has 5 rings (SSSR count). The Morgan fingerprint density at radius 1 is 0.950 bits per heavy atom. The number of fused-ring (bicyclic) bond motifs is 3. The van der Waals surface area contributed by atoms with Crippen molar-refractivity contribution >= 4 is 5.97 Å². The van der Waals surface area contributed by atoms with Crippen molar-refractivity contribution in [1.29, 1.82) is 0 Å². The lowest BCUT2D eigenvalue weighted by Gasteiger charge is -2.40. The Hall–Kier alpha value is -3.79. The summed E-state index contributed by atoms with van der Waals surface area (Å²) in [4.78, 5) is 13.3. The van der Waals surface area contributed by atoms with Crippen molar-refractivity contribution in [3.63, 3.8) is 0 Å². The van der Waals surface area contributed by atoms with Gasteiger partial charge in [0.2, 0.25) is 0 Å². The topological polar surface area (TPSA) is 124 Å². The molecule has 0 aromatic heterocycles. The lowest BCUT2D eigenvalue weighted by Crippen LogP contribution is -2.52. The van der Waals surface area contributed by atoms with Crippen LogP contribution in [0.5, 0.6) is 23.0 Å². The maximum Gasteiger partial charge on any atom is 0.312 e. The molecule has 5 atom stereocenters. The second-order valence-corrected chi connectivity index (χ2v) is 9.99. The lowest BCUT2D eigenvalue weighted by atomic mass is 9.70. The van der Waals surface area contributed by atoms with Crippen LogP contribution >= 0.6 is 0 Å². The first-order chi connectivity index (χ1) is 19.4. The van der Waals surface area contributed by atoms with Gasteiger partial charge in [0, 0.05) is 24.7 Å². The van der Waals surface area contributed by atoms with Crippen molar-refractivity contribution in [3.8, 4) is 23.0 Å². The van der Waals surface area contributed by atoms with Crippen LogP contribution in [0.1, 0.15) is 35.4 Å². The van der Waals surface area contributed by atoms with E-state index in [1.54, 1.807) is 43.5 Å². The van der Waals surface area contributed by atoms with Crippen molar-refractivity contribution in [2.45, 2.75) is 36.1 Å². The molecule has 9 nitrogen and oxygen atoms in total. The zero-order valence-electron chi connectivity index (χ0n) is 22.7.